The van der Waals surface area contributed by atoms with Crippen LogP contribution in [0.4, 0.5) is 21.3 Å². The third-order valence-electron chi connectivity index (χ3n) is 8.77. The molecule has 3 aliphatic rings. The van der Waals surface area contributed by atoms with Crippen molar-refractivity contribution in [3.05, 3.63) is 34.0 Å². The number of pyridine rings is 1. The number of thiophene rings is 1. The second-order valence-electron chi connectivity index (χ2n) is 13.1. The van der Waals surface area contributed by atoms with Gasteiger partial charge in [-0.1, -0.05) is 5.16 Å². The van der Waals surface area contributed by atoms with Crippen molar-refractivity contribution in [2.24, 2.45) is 0 Å². The van der Waals surface area contributed by atoms with E-state index >= 15 is 0 Å². The van der Waals surface area contributed by atoms with Crippen LogP contribution < -0.4 is 20.9 Å². The summed E-state index contributed by atoms with van der Waals surface area (Å²) in [7, 11) is 0. The van der Waals surface area contributed by atoms with Crippen LogP contribution in [-0.2, 0) is 16.6 Å². The quantitative estimate of drug-likeness (QED) is 0.434. The summed E-state index contributed by atoms with van der Waals surface area (Å²) in [4.78, 5) is 30.1. The zero-order chi connectivity index (χ0) is 31.2. The molecule has 1 aliphatic carbocycles. The summed E-state index contributed by atoms with van der Waals surface area (Å²) in [5.41, 5.74) is 8.16. The maximum absolute atomic E-state index is 12.7. The Morgan fingerprint density at radius 2 is 2.00 bits per heavy atom. The first-order valence-electron chi connectivity index (χ1n) is 15.4. The second-order valence-corrected chi connectivity index (χ2v) is 14.3. The molecule has 0 bridgehead atoms. The number of ether oxygens (including phenoxy) is 1. The Hall–Kier alpha value is -3.89. The fraction of sp³-hybridized carbons (Fsp3) is 0.581. The van der Waals surface area contributed by atoms with Crippen LogP contribution in [0.5, 0.6) is 0 Å². The molecule has 3 aromatic rings. The van der Waals surface area contributed by atoms with Gasteiger partial charge in [-0.15, -0.1) is 11.3 Å². The topological polar surface area (TPSA) is 150 Å². The molecular formula is C31H41N9O3S. The maximum Gasteiger partial charge on any atom is 0.410 e. The molecule has 6 rings (SSSR count). The molecule has 0 aromatic carbocycles. The molecule has 3 N–H and O–H groups in total. The van der Waals surface area contributed by atoms with Gasteiger partial charge >= 0.3 is 6.09 Å². The highest BCUT2D eigenvalue weighted by Crippen LogP contribution is 2.48. The average molecular weight is 620 g/mol. The van der Waals surface area contributed by atoms with Gasteiger partial charge in [-0.3, -0.25) is 0 Å². The van der Waals surface area contributed by atoms with Crippen molar-refractivity contribution in [3.8, 4) is 17.6 Å². The van der Waals surface area contributed by atoms with E-state index in [0.717, 1.165) is 60.8 Å². The second kappa shape index (κ2) is 11.6. The summed E-state index contributed by atoms with van der Waals surface area (Å²) in [5, 5.41) is 18.3. The van der Waals surface area contributed by atoms with E-state index in [-0.39, 0.29) is 12.1 Å². The predicted molar refractivity (Wildman–Crippen MR) is 170 cm³/mol. The Morgan fingerprint density at radius 3 is 2.70 bits per heavy atom. The molecule has 0 saturated carbocycles. The number of anilines is 3. The van der Waals surface area contributed by atoms with Crippen molar-refractivity contribution < 1.29 is 14.1 Å². The summed E-state index contributed by atoms with van der Waals surface area (Å²) in [6.07, 6.45) is 2.33. The Morgan fingerprint density at radius 1 is 1.23 bits per heavy atom. The minimum Gasteiger partial charge on any atom is -0.444 e. The number of carbonyl (C=O) groups excluding carboxylic acids is 1. The number of nitriles is 1. The zero-order valence-corrected chi connectivity index (χ0v) is 27.0. The van der Waals surface area contributed by atoms with Crippen molar-refractivity contribution in [1.82, 2.24) is 25.3 Å². The van der Waals surface area contributed by atoms with Crippen LogP contribution in [-0.4, -0.2) is 83.6 Å². The highest BCUT2D eigenvalue weighted by Gasteiger charge is 2.43. The van der Waals surface area contributed by atoms with Crippen LogP contribution in [0.25, 0.3) is 11.5 Å². The fourth-order valence-corrected chi connectivity index (χ4v) is 7.65. The lowest BCUT2D eigenvalue weighted by atomic mass is 9.72. The van der Waals surface area contributed by atoms with Gasteiger partial charge in [0.2, 0.25) is 11.7 Å². The summed E-state index contributed by atoms with van der Waals surface area (Å²) >= 11 is 1.49. The smallest absolute Gasteiger partial charge is 0.410 e. The molecule has 0 spiro atoms. The number of aromatic nitrogens is 3. The lowest BCUT2D eigenvalue weighted by Crippen LogP contribution is -2.51. The molecule has 3 aromatic heterocycles. The number of hydrogen-bond donors (Lipinski definition) is 2. The van der Waals surface area contributed by atoms with Gasteiger partial charge in [-0.2, -0.15) is 10.2 Å². The lowest BCUT2D eigenvalue weighted by Gasteiger charge is -2.38. The number of nitrogens with one attached hydrogen (secondary N) is 1. The molecule has 13 heteroatoms. The molecule has 1 amide bonds. The number of aryl methyl sites for hydroxylation is 1. The molecule has 2 fully saturated rings. The zero-order valence-electron chi connectivity index (χ0n) is 26.1. The summed E-state index contributed by atoms with van der Waals surface area (Å²) in [5.74, 6) is 1.74. The number of amides is 1. The lowest BCUT2D eigenvalue weighted by molar-refractivity contribution is 0.0240. The Labute approximate surface area is 262 Å². The van der Waals surface area contributed by atoms with Crippen LogP contribution in [0.1, 0.15) is 69.4 Å². The monoisotopic (exact) mass is 619 g/mol. The number of fused-ring (bicyclic) bond motifs is 1. The number of piperazine rings is 2. The normalized spacial score (nSPS) is 22.5. The van der Waals surface area contributed by atoms with Gasteiger partial charge in [0.25, 0.3) is 0 Å². The summed E-state index contributed by atoms with van der Waals surface area (Å²) in [6.45, 7) is 14.9. The minimum atomic E-state index is -0.608. The number of nitrogens with two attached hydrogens (primary N) is 1. The summed E-state index contributed by atoms with van der Waals surface area (Å²) < 4.78 is 11.6. The first kappa shape index (κ1) is 30.1. The number of carbonyl (C=O) groups is 1. The number of hydrogen-bond acceptors (Lipinski definition) is 12. The van der Waals surface area contributed by atoms with E-state index in [0.29, 0.717) is 54.2 Å². The van der Waals surface area contributed by atoms with Crippen LogP contribution in [0, 0.1) is 11.3 Å². The van der Waals surface area contributed by atoms with Gasteiger partial charge < -0.3 is 35.0 Å². The SMILES string of the molecule is C[C@H]1CNCCN1c1cc(N2CCN(C(=O)OC(C)(C)C)CC2)cc(-c2noc(C3(C)CCCc4sc(N)c(C#N)c43)n2)n1. The van der Waals surface area contributed by atoms with E-state index in [2.05, 4.69) is 46.3 Å². The van der Waals surface area contributed by atoms with Gasteiger partial charge in [-0.05, 0) is 59.9 Å². The molecule has 12 nitrogen and oxygen atoms in total. The first-order chi connectivity index (χ1) is 21.0. The van der Waals surface area contributed by atoms with Crippen LogP contribution >= 0.6 is 11.3 Å². The maximum atomic E-state index is 12.7. The van der Waals surface area contributed by atoms with E-state index in [1.54, 1.807) is 4.90 Å². The summed E-state index contributed by atoms with van der Waals surface area (Å²) in [6, 6.07) is 6.70. The van der Waals surface area contributed by atoms with E-state index in [1.165, 1.54) is 11.3 Å². The molecule has 1 unspecified atom stereocenters. The van der Waals surface area contributed by atoms with Gasteiger partial charge in [0.15, 0.2) is 0 Å². The molecule has 5 heterocycles. The van der Waals surface area contributed by atoms with Gasteiger partial charge in [0.05, 0.1) is 11.0 Å². The van der Waals surface area contributed by atoms with E-state index < -0.39 is 11.0 Å². The van der Waals surface area contributed by atoms with Crippen molar-refractivity contribution >= 4 is 33.9 Å². The van der Waals surface area contributed by atoms with Crippen LogP contribution in [0.15, 0.2) is 16.7 Å². The Balaban J connectivity index is 1.33. The third-order valence-corrected chi connectivity index (χ3v) is 9.85. The van der Waals surface area contributed by atoms with Crippen LogP contribution in [0.3, 0.4) is 0 Å². The third kappa shape index (κ3) is 5.68. The standard InChI is InChI=1S/C31H41N9O3S/c1-19-18-34-9-10-40(19)24-16-20(38-11-13-39(14-12-38)29(41)42-30(2,3)4)15-22(35-24)27-36-28(43-37-27)31(5)8-6-7-23-25(31)21(17-32)26(33)44-23/h15-16,19,34H,6-14,18,33H2,1-5H3/t19-,31?/m0/s1. The van der Waals surface area contributed by atoms with Crippen molar-refractivity contribution in [2.75, 3.05) is 61.3 Å². The Bertz CT molecular complexity index is 1580. The van der Waals surface area contributed by atoms with E-state index in [4.69, 9.17) is 25.0 Å². The largest absolute Gasteiger partial charge is 0.444 e. The molecule has 44 heavy (non-hydrogen) atoms. The number of rotatable bonds is 4. The highest BCUT2D eigenvalue weighted by molar-refractivity contribution is 7.16. The van der Waals surface area contributed by atoms with Gasteiger partial charge in [0, 0.05) is 74.0 Å². The Kier molecular flexibility index (Phi) is 7.92. The van der Waals surface area contributed by atoms with Gasteiger partial charge in [0.1, 0.15) is 28.2 Å². The molecule has 2 saturated heterocycles. The van der Waals surface area contributed by atoms with Crippen molar-refractivity contribution in [3.63, 3.8) is 0 Å². The van der Waals surface area contributed by atoms with E-state index in [9.17, 15) is 10.1 Å². The van der Waals surface area contributed by atoms with E-state index in [1.807, 2.05) is 26.8 Å². The molecule has 234 valence electrons. The number of nitrogen functional groups attached to an aromatic ring is 1. The van der Waals surface area contributed by atoms with Crippen molar-refractivity contribution in [1.29, 1.82) is 5.26 Å². The molecular weight excluding hydrogens is 578 g/mol. The molecule has 2 aliphatic heterocycles. The number of nitrogens with zero attached hydrogens (tertiary/aromatic N) is 7. The minimum absolute atomic E-state index is 0.261. The van der Waals surface area contributed by atoms with Crippen molar-refractivity contribution in [2.45, 2.75) is 70.9 Å². The molecule has 2 atom stereocenters. The highest BCUT2D eigenvalue weighted by atomic mass is 32.1. The average Bonchev–Trinajstić information content (AvgIpc) is 3.62. The first-order valence-corrected chi connectivity index (χ1v) is 16.2. The molecule has 0 radical (unpaired) electrons. The predicted octanol–water partition coefficient (Wildman–Crippen LogP) is 4.14. The fourth-order valence-electron chi connectivity index (χ4n) is 6.46. The van der Waals surface area contributed by atoms with Crippen LogP contribution in [0.2, 0.25) is 0 Å². The van der Waals surface area contributed by atoms with Gasteiger partial charge in [-0.25, -0.2) is 9.78 Å².